The Bertz CT molecular complexity index is 1650. The number of benzene rings is 4. The molecule has 0 atom stereocenters. The first-order valence-electron chi connectivity index (χ1n) is 11.3. The largest absolute Gasteiger partial charge is 0.321 e. The van der Waals surface area contributed by atoms with Crippen LogP contribution in [0.25, 0.3) is 20.9 Å². The summed E-state index contributed by atoms with van der Waals surface area (Å²) in [5, 5.41) is 5.89. The molecule has 1 heterocycles. The number of hydrogen-bond donors (Lipinski definition) is 1. The van der Waals surface area contributed by atoms with Crippen LogP contribution < -0.4 is 9.62 Å². The highest BCUT2D eigenvalue weighted by molar-refractivity contribution is 7.92. The molecule has 5 aromatic rings. The molecule has 1 aromatic heterocycles. The lowest BCUT2D eigenvalue weighted by Crippen LogP contribution is -2.30. The molecule has 1 amide bonds. The first kappa shape index (κ1) is 23.1. The lowest BCUT2D eigenvalue weighted by Gasteiger charge is -2.23. The predicted molar refractivity (Wildman–Crippen MR) is 145 cm³/mol. The molecule has 0 aliphatic heterocycles. The van der Waals surface area contributed by atoms with Gasteiger partial charge < -0.3 is 5.32 Å². The molecule has 0 saturated heterocycles. The number of carbonyl (C=O) groups is 1. The first-order chi connectivity index (χ1) is 16.9. The van der Waals surface area contributed by atoms with Crippen molar-refractivity contribution in [3.05, 3.63) is 101 Å². The fraction of sp³-hybridized carbons (Fsp3) is 0.107. The van der Waals surface area contributed by atoms with Gasteiger partial charge in [0.1, 0.15) is 0 Å². The maximum absolute atomic E-state index is 13.3. The van der Waals surface area contributed by atoms with Crippen molar-refractivity contribution in [1.29, 1.82) is 0 Å². The normalized spacial score (nSPS) is 11.6. The van der Waals surface area contributed by atoms with E-state index in [9.17, 15) is 13.2 Å². The SMILES string of the molecule is CCN(c1ccc2sc(C(=O)Nc3cccc4ccccc34)cc2c1)S(=O)(=O)c1ccc(C)cc1. The van der Waals surface area contributed by atoms with Crippen molar-refractivity contribution >= 4 is 59.5 Å². The molecule has 0 radical (unpaired) electrons. The second-order valence-corrected chi connectivity index (χ2v) is 11.2. The number of sulfonamides is 1. The van der Waals surface area contributed by atoms with Gasteiger partial charge in [0.05, 0.1) is 15.5 Å². The zero-order chi connectivity index (χ0) is 24.6. The topological polar surface area (TPSA) is 66.5 Å². The lowest BCUT2D eigenvalue weighted by molar-refractivity contribution is 0.103. The van der Waals surface area contributed by atoms with Gasteiger partial charge in [0.25, 0.3) is 15.9 Å². The highest BCUT2D eigenvalue weighted by Crippen LogP contribution is 2.33. The van der Waals surface area contributed by atoms with E-state index in [1.54, 1.807) is 30.3 Å². The second kappa shape index (κ2) is 9.17. The van der Waals surface area contributed by atoms with Crippen LogP contribution in [-0.2, 0) is 10.0 Å². The van der Waals surface area contributed by atoms with E-state index in [0.29, 0.717) is 17.1 Å². The summed E-state index contributed by atoms with van der Waals surface area (Å²) in [6.07, 6.45) is 0. The average Bonchev–Trinajstić information content (AvgIpc) is 3.29. The van der Waals surface area contributed by atoms with Crippen molar-refractivity contribution in [2.75, 3.05) is 16.2 Å². The van der Waals surface area contributed by atoms with E-state index >= 15 is 0 Å². The number of nitrogens with zero attached hydrogens (tertiary/aromatic N) is 1. The number of carbonyl (C=O) groups excluding carboxylic acids is 1. The molecule has 0 fully saturated rings. The summed E-state index contributed by atoms with van der Waals surface area (Å²) < 4.78 is 28.9. The summed E-state index contributed by atoms with van der Waals surface area (Å²) >= 11 is 1.38. The smallest absolute Gasteiger partial charge is 0.265 e. The zero-order valence-corrected chi connectivity index (χ0v) is 21.0. The van der Waals surface area contributed by atoms with Gasteiger partial charge in [-0.05, 0) is 67.1 Å². The van der Waals surface area contributed by atoms with Gasteiger partial charge in [0.15, 0.2) is 0 Å². The summed E-state index contributed by atoms with van der Waals surface area (Å²) in [5.41, 5.74) is 2.33. The van der Waals surface area contributed by atoms with Crippen LogP contribution in [-0.4, -0.2) is 20.9 Å². The highest BCUT2D eigenvalue weighted by Gasteiger charge is 2.24. The third kappa shape index (κ3) is 4.40. The van der Waals surface area contributed by atoms with Gasteiger partial charge in [0, 0.05) is 22.3 Å². The van der Waals surface area contributed by atoms with Crippen LogP contribution in [0.1, 0.15) is 22.2 Å². The van der Waals surface area contributed by atoms with Crippen LogP contribution in [0.3, 0.4) is 0 Å². The number of rotatable bonds is 6. The molecule has 5 nitrogen and oxygen atoms in total. The van der Waals surface area contributed by atoms with Crippen molar-refractivity contribution in [2.45, 2.75) is 18.7 Å². The van der Waals surface area contributed by atoms with E-state index in [0.717, 1.165) is 32.1 Å². The number of fused-ring (bicyclic) bond motifs is 2. The van der Waals surface area contributed by atoms with Crippen molar-refractivity contribution in [3.8, 4) is 0 Å². The van der Waals surface area contributed by atoms with Gasteiger partial charge in [-0.3, -0.25) is 9.10 Å². The standard InChI is InChI=1S/C28H24N2O3S2/c1-3-30(35(32,33)23-14-11-19(2)12-15-23)22-13-16-26-21(17-22)18-27(34-26)28(31)29-25-10-6-8-20-7-4-5-9-24(20)25/h4-18H,3H2,1-2H3,(H,29,31). The van der Waals surface area contributed by atoms with Crippen LogP contribution in [0.5, 0.6) is 0 Å². The monoisotopic (exact) mass is 500 g/mol. The van der Waals surface area contributed by atoms with Crippen molar-refractivity contribution in [2.24, 2.45) is 0 Å². The molecule has 35 heavy (non-hydrogen) atoms. The van der Waals surface area contributed by atoms with Crippen LogP contribution in [0.2, 0.25) is 0 Å². The van der Waals surface area contributed by atoms with E-state index in [-0.39, 0.29) is 10.8 Å². The van der Waals surface area contributed by atoms with Crippen LogP contribution in [0.4, 0.5) is 11.4 Å². The van der Waals surface area contributed by atoms with Gasteiger partial charge in [-0.25, -0.2) is 8.42 Å². The minimum absolute atomic E-state index is 0.191. The Labute approximate surface area is 208 Å². The summed E-state index contributed by atoms with van der Waals surface area (Å²) in [6, 6.07) is 27.9. The van der Waals surface area contributed by atoms with Gasteiger partial charge in [-0.1, -0.05) is 54.1 Å². The van der Waals surface area contributed by atoms with Crippen LogP contribution in [0, 0.1) is 6.92 Å². The quantitative estimate of drug-likeness (QED) is 0.278. The zero-order valence-electron chi connectivity index (χ0n) is 19.4. The summed E-state index contributed by atoms with van der Waals surface area (Å²) in [7, 11) is -3.70. The molecule has 1 N–H and O–H groups in total. The Balaban J connectivity index is 1.45. The fourth-order valence-corrected chi connectivity index (χ4v) is 6.55. The van der Waals surface area contributed by atoms with E-state index < -0.39 is 10.0 Å². The van der Waals surface area contributed by atoms with E-state index in [2.05, 4.69) is 5.32 Å². The van der Waals surface area contributed by atoms with Gasteiger partial charge in [-0.2, -0.15) is 0 Å². The second-order valence-electron chi connectivity index (χ2n) is 8.30. The number of amides is 1. The number of aryl methyl sites for hydroxylation is 1. The Morgan fingerprint density at radius 1 is 0.886 bits per heavy atom. The molecule has 0 unspecified atom stereocenters. The molecule has 5 rings (SSSR count). The lowest BCUT2D eigenvalue weighted by atomic mass is 10.1. The third-order valence-electron chi connectivity index (χ3n) is 5.95. The molecular weight excluding hydrogens is 476 g/mol. The number of nitrogens with one attached hydrogen (secondary N) is 1. The fourth-order valence-electron chi connectivity index (χ4n) is 4.14. The average molecular weight is 501 g/mol. The minimum Gasteiger partial charge on any atom is -0.321 e. The molecule has 4 aromatic carbocycles. The van der Waals surface area contributed by atoms with Crippen LogP contribution >= 0.6 is 11.3 Å². The molecule has 0 aliphatic rings. The van der Waals surface area contributed by atoms with Crippen molar-refractivity contribution in [1.82, 2.24) is 0 Å². The summed E-state index contributed by atoms with van der Waals surface area (Å²) in [5.74, 6) is -0.191. The van der Waals surface area contributed by atoms with E-state index in [4.69, 9.17) is 0 Å². The molecule has 0 bridgehead atoms. The van der Waals surface area contributed by atoms with Crippen molar-refractivity contribution in [3.63, 3.8) is 0 Å². The maximum atomic E-state index is 13.3. The Hall–Kier alpha value is -3.68. The van der Waals surface area contributed by atoms with E-state index in [1.165, 1.54) is 15.6 Å². The highest BCUT2D eigenvalue weighted by atomic mass is 32.2. The van der Waals surface area contributed by atoms with Crippen LogP contribution in [0.15, 0.2) is 95.9 Å². The van der Waals surface area contributed by atoms with Gasteiger partial charge in [-0.15, -0.1) is 11.3 Å². The van der Waals surface area contributed by atoms with E-state index in [1.807, 2.05) is 74.5 Å². The molecule has 176 valence electrons. The number of thiophene rings is 1. The third-order valence-corrected chi connectivity index (χ3v) is 8.98. The van der Waals surface area contributed by atoms with Gasteiger partial charge in [0.2, 0.25) is 0 Å². The number of hydrogen-bond acceptors (Lipinski definition) is 4. The predicted octanol–water partition coefficient (Wildman–Crippen LogP) is 6.83. The Morgan fingerprint density at radius 2 is 1.63 bits per heavy atom. The molecule has 0 aliphatic carbocycles. The molecule has 0 saturated carbocycles. The van der Waals surface area contributed by atoms with Crippen molar-refractivity contribution < 1.29 is 13.2 Å². The molecular formula is C28H24N2O3S2. The first-order valence-corrected chi connectivity index (χ1v) is 13.5. The van der Waals surface area contributed by atoms with Gasteiger partial charge >= 0.3 is 0 Å². The Kier molecular flexibility index (Phi) is 6.05. The minimum atomic E-state index is -3.70. The Morgan fingerprint density at radius 3 is 2.40 bits per heavy atom. The molecule has 0 spiro atoms. The number of anilines is 2. The summed E-state index contributed by atoms with van der Waals surface area (Å²) in [6.45, 7) is 4.03. The maximum Gasteiger partial charge on any atom is 0.265 e. The summed E-state index contributed by atoms with van der Waals surface area (Å²) in [4.78, 5) is 13.9. The molecule has 7 heteroatoms.